The lowest BCUT2D eigenvalue weighted by Crippen LogP contribution is -1.90. The average molecular weight is 203 g/mol. The first-order chi connectivity index (χ1) is 6.77. The van der Waals surface area contributed by atoms with Crippen LogP contribution in [0.1, 0.15) is 5.56 Å². The predicted octanol–water partition coefficient (Wildman–Crippen LogP) is 2.88. The van der Waals surface area contributed by atoms with Gasteiger partial charge in [0.2, 0.25) is 0 Å². The first-order valence-electron chi connectivity index (χ1n) is 4.47. The Bertz CT molecular complexity index is 426. The van der Waals surface area contributed by atoms with Gasteiger partial charge in [-0.2, -0.15) is 12.1 Å². The molecule has 0 radical (unpaired) electrons. The van der Waals surface area contributed by atoms with E-state index in [1.165, 1.54) is 5.56 Å². The van der Waals surface area contributed by atoms with Gasteiger partial charge in [0.25, 0.3) is 0 Å². The molecule has 1 nitrogen and oxygen atoms in total. The fraction of sp³-hybridized carbons (Fsp3) is 0.0833. The summed E-state index contributed by atoms with van der Waals surface area (Å²) in [4.78, 5) is 1.73. The van der Waals surface area contributed by atoms with E-state index in [1.807, 2.05) is 55.5 Å². The Morgan fingerprint density at radius 1 is 1.07 bits per heavy atom. The van der Waals surface area contributed by atoms with Crippen LogP contribution in [-0.4, -0.2) is 4.21 Å². The summed E-state index contributed by atoms with van der Waals surface area (Å²) in [7, 11) is -1.02. The Balaban J connectivity index is 2.33. The Morgan fingerprint density at radius 2 is 1.64 bits per heavy atom. The van der Waals surface area contributed by atoms with Crippen LogP contribution in [0.4, 0.5) is 0 Å². The van der Waals surface area contributed by atoms with Crippen molar-refractivity contribution in [1.82, 2.24) is 0 Å². The highest BCUT2D eigenvalue weighted by Crippen LogP contribution is 2.16. The average Bonchev–Trinajstić information content (AvgIpc) is 2.71. The number of benzene rings is 1. The Labute approximate surface area is 86.2 Å². The molecule has 2 rings (SSSR count). The van der Waals surface area contributed by atoms with E-state index < -0.39 is 10.8 Å². The van der Waals surface area contributed by atoms with Crippen molar-refractivity contribution in [2.75, 3.05) is 0 Å². The summed E-state index contributed by atoms with van der Waals surface area (Å²) in [6.45, 7) is 2.02. The molecule has 1 atom stereocenters. The zero-order chi connectivity index (χ0) is 9.97. The van der Waals surface area contributed by atoms with E-state index >= 15 is 0 Å². The second-order valence-electron chi connectivity index (χ2n) is 3.20. The molecule has 0 aromatic heterocycles. The van der Waals surface area contributed by atoms with Gasteiger partial charge in [0.05, 0.1) is 0 Å². The molecule has 0 aliphatic heterocycles. The predicted molar refractivity (Wildman–Crippen MR) is 57.9 cm³/mol. The number of hydrogen-bond donors (Lipinski definition) is 0. The Kier molecular flexibility index (Phi) is 2.55. The minimum atomic E-state index is -1.02. The van der Waals surface area contributed by atoms with E-state index in [-0.39, 0.29) is 0 Å². The third-order valence-electron chi connectivity index (χ3n) is 2.08. The van der Waals surface area contributed by atoms with Crippen molar-refractivity contribution in [1.29, 1.82) is 0 Å². The standard InChI is InChI=1S/C12H11OS/c1-10-6-8-12(9-7-10)14(13)11-4-2-3-5-11/h2-9H,1H3/q-1. The fourth-order valence-electron chi connectivity index (χ4n) is 1.28. The van der Waals surface area contributed by atoms with Crippen molar-refractivity contribution in [3.05, 3.63) is 54.1 Å². The van der Waals surface area contributed by atoms with Crippen molar-refractivity contribution in [2.45, 2.75) is 16.7 Å². The minimum Gasteiger partial charge on any atom is -0.263 e. The Hall–Kier alpha value is -1.28. The third kappa shape index (κ3) is 1.80. The summed E-state index contributed by atoms with van der Waals surface area (Å²) < 4.78 is 11.9. The molecule has 2 aromatic rings. The van der Waals surface area contributed by atoms with Gasteiger partial charge >= 0.3 is 0 Å². The second-order valence-corrected chi connectivity index (χ2v) is 4.68. The molecular formula is C12H11OS-. The van der Waals surface area contributed by atoms with E-state index in [4.69, 9.17) is 0 Å². The largest absolute Gasteiger partial charge is 0.263 e. The number of rotatable bonds is 2. The van der Waals surface area contributed by atoms with Crippen LogP contribution in [0, 0.1) is 6.92 Å². The molecule has 0 fully saturated rings. The molecule has 0 aliphatic carbocycles. The first kappa shape index (κ1) is 9.28. The fourth-order valence-corrected chi connectivity index (χ4v) is 2.34. The van der Waals surface area contributed by atoms with Gasteiger partial charge in [-0.25, -0.2) is 12.1 Å². The van der Waals surface area contributed by atoms with E-state index in [9.17, 15) is 4.21 Å². The van der Waals surface area contributed by atoms with E-state index in [2.05, 4.69) is 0 Å². The highest BCUT2D eigenvalue weighted by atomic mass is 32.2. The van der Waals surface area contributed by atoms with Crippen LogP contribution < -0.4 is 0 Å². The van der Waals surface area contributed by atoms with Gasteiger partial charge in [-0.3, -0.25) is 4.21 Å². The van der Waals surface area contributed by atoms with Gasteiger partial charge in [-0.05, 0) is 19.1 Å². The molecule has 72 valence electrons. The van der Waals surface area contributed by atoms with Crippen molar-refractivity contribution in [3.8, 4) is 0 Å². The monoisotopic (exact) mass is 203 g/mol. The molecule has 14 heavy (non-hydrogen) atoms. The van der Waals surface area contributed by atoms with Gasteiger partial charge in [0.1, 0.15) is 0 Å². The van der Waals surface area contributed by atoms with Crippen molar-refractivity contribution < 1.29 is 4.21 Å². The third-order valence-corrected chi connectivity index (χ3v) is 3.48. The second kappa shape index (κ2) is 3.84. The number of aryl methyl sites for hydroxylation is 1. The summed E-state index contributed by atoms with van der Waals surface area (Å²) >= 11 is 0. The normalized spacial score (nSPS) is 12.6. The summed E-state index contributed by atoms with van der Waals surface area (Å²) in [5, 5.41) is 0. The van der Waals surface area contributed by atoms with Crippen LogP contribution in [0.5, 0.6) is 0 Å². The molecule has 0 aliphatic rings. The first-order valence-corrected chi connectivity index (χ1v) is 5.62. The lowest BCUT2D eigenvalue weighted by molar-refractivity contribution is 0.683. The van der Waals surface area contributed by atoms with Crippen molar-refractivity contribution in [2.24, 2.45) is 0 Å². The molecule has 0 amide bonds. The van der Waals surface area contributed by atoms with Crippen molar-refractivity contribution >= 4 is 10.8 Å². The molecule has 0 spiro atoms. The summed E-state index contributed by atoms with van der Waals surface area (Å²) in [5.74, 6) is 0. The SMILES string of the molecule is Cc1ccc(S(=O)[c-]2cccc2)cc1. The van der Waals surface area contributed by atoms with Crippen LogP contribution in [0.15, 0.2) is 58.3 Å². The quantitative estimate of drug-likeness (QED) is 0.686. The van der Waals surface area contributed by atoms with Crippen LogP contribution in [0.2, 0.25) is 0 Å². The molecule has 0 N–H and O–H groups in total. The van der Waals surface area contributed by atoms with Crippen LogP contribution >= 0.6 is 0 Å². The highest BCUT2D eigenvalue weighted by molar-refractivity contribution is 7.85. The zero-order valence-electron chi connectivity index (χ0n) is 7.94. The maximum Gasteiger partial charge on any atom is 0.0313 e. The lowest BCUT2D eigenvalue weighted by atomic mass is 10.2. The van der Waals surface area contributed by atoms with Gasteiger partial charge in [-0.1, -0.05) is 22.6 Å². The molecule has 0 heterocycles. The highest BCUT2D eigenvalue weighted by Gasteiger charge is 2.00. The maximum atomic E-state index is 11.9. The van der Waals surface area contributed by atoms with E-state index in [1.54, 1.807) is 0 Å². The minimum absolute atomic E-state index is 0.863. The molecular weight excluding hydrogens is 192 g/mol. The summed E-state index contributed by atoms with van der Waals surface area (Å²) in [6, 6.07) is 15.4. The molecule has 2 heteroatoms. The molecule has 1 unspecified atom stereocenters. The van der Waals surface area contributed by atoms with Crippen LogP contribution in [0.25, 0.3) is 0 Å². The summed E-state index contributed by atoms with van der Waals surface area (Å²) in [6.07, 6.45) is 0. The zero-order valence-corrected chi connectivity index (χ0v) is 8.75. The van der Waals surface area contributed by atoms with Gasteiger partial charge < -0.3 is 0 Å². The van der Waals surface area contributed by atoms with Crippen LogP contribution in [-0.2, 0) is 10.8 Å². The van der Waals surface area contributed by atoms with Gasteiger partial charge in [0, 0.05) is 15.7 Å². The molecule has 2 aromatic carbocycles. The summed E-state index contributed by atoms with van der Waals surface area (Å²) in [5.41, 5.74) is 1.19. The van der Waals surface area contributed by atoms with E-state index in [0.717, 1.165) is 9.79 Å². The number of hydrogen-bond acceptors (Lipinski definition) is 1. The van der Waals surface area contributed by atoms with E-state index in [0.29, 0.717) is 0 Å². The maximum absolute atomic E-state index is 11.9. The van der Waals surface area contributed by atoms with Gasteiger partial charge in [0.15, 0.2) is 0 Å². The lowest BCUT2D eigenvalue weighted by Gasteiger charge is -2.04. The molecule has 0 bridgehead atoms. The molecule has 0 saturated carbocycles. The molecule has 0 saturated heterocycles. The van der Waals surface area contributed by atoms with Crippen molar-refractivity contribution in [3.63, 3.8) is 0 Å². The van der Waals surface area contributed by atoms with Crippen LogP contribution in [0.3, 0.4) is 0 Å². The Morgan fingerprint density at radius 3 is 2.21 bits per heavy atom. The topological polar surface area (TPSA) is 17.1 Å². The van der Waals surface area contributed by atoms with Gasteiger partial charge in [-0.15, -0.1) is 0 Å². The smallest absolute Gasteiger partial charge is 0.0313 e.